The number of hydrogen-bond acceptors (Lipinski definition) is 3. The van der Waals surface area contributed by atoms with Crippen molar-refractivity contribution in [2.45, 2.75) is 33.2 Å². The molecule has 1 atom stereocenters. The van der Waals surface area contributed by atoms with Gasteiger partial charge in [0, 0.05) is 36.5 Å². The molecule has 0 radical (unpaired) electrons. The van der Waals surface area contributed by atoms with Gasteiger partial charge in [-0.2, -0.15) is 0 Å². The summed E-state index contributed by atoms with van der Waals surface area (Å²) in [6.07, 6.45) is 2.78. The maximum Gasteiger partial charge on any atom is 0.105 e. The van der Waals surface area contributed by atoms with Crippen LogP contribution in [-0.2, 0) is 6.42 Å². The lowest BCUT2D eigenvalue weighted by atomic mass is 10.1. The lowest BCUT2D eigenvalue weighted by Crippen LogP contribution is -2.21. The third-order valence-corrected chi connectivity index (χ3v) is 3.10. The van der Waals surface area contributed by atoms with Crippen molar-refractivity contribution in [1.29, 1.82) is 0 Å². The van der Waals surface area contributed by atoms with Gasteiger partial charge >= 0.3 is 0 Å². The van der Waals surface area contributed by atoms with Crippen molar-refractivity contribution in [3.05, 3.63) is 53.2 Å². The average Bonchev–Trinajstić information content (AvgIpc) is 2.70. The quantitative estimate of drug-likeness (QED) is 0.877. The van der Waals surface area contributed by atoms with Crippen LogP contribution in [0.15, 0.2) is 34.9 Å². The number of furan rings is 1. The predicted molar refractivity (Wildman–Crippen MR) is 72.5 cm³/mol. The van der Waals surface area contributed by atoms with E-state index in [0.717, 1.165) is 30.2 Å². The summed E-state index contributed by atoms with van der Waals surface area (Å²) in [6.45, 7) is 7.08. The number of nitrogens with zero attached hydrogens (tertiary/aromatic N) is 1. The van der Waals surface area contributed by atoms with Gasteiger partial charge in [0.15, 0.2) is 0 Å². The fourth-order valence-electron chi connectivity index (χ4n) is 2.15. The summed E-state index contributed by atoms with van der Waals surface area (Å²) in [4.78, 5) is 4.31. The standard InChI is InChI=1S/C15H20N2O/c1-11-10-15(13(3)18-11)12(2)16-9-7-14-6-4-5-8-17-14/h4-6,8,10,12,16H,7,9H2,1-3H3. The highest BCUT2D eigenvalue weighted by Gasteiger charge is 2.11. The van der Waals surface area contributed by atoms with Gasteiger partial charge in [-0.3, -0.25) is 4.98 Å². The highest BCUT2D eigenvalue weighted by Crippen LogP contribution is 2.20. The SMILES string of the molecule is Cc1cc(C(C)NCCc2ccccn2)c(C)o1. The van der Waals surface area contributed by atoms with E-state index in [-0.39, 0.29) is 0 Å². The molecule has 0 aromatic carbocycles. The van der Waals surface area contributed by atoms with Crippen molar-refractivity contribution >= 4 is 0 Å². The van der Waals surface area contributed by atoms with E-state index in [9.17, 15) is 0 Å². The van der Waals surface area contributed by atoms with E-state index in [0.29, 0.717) is 6.04 Å². The summed E-state index contributed by atoms with van der Waals surface area (Å²) in [6, 6.07) is 8.44. The molecule has 2 aromatic rings. The maximum absolute atomic E-state index is 5.55. The molecule has 0 bridgehead atoms. The summed E-state index contributed by atoms with van der Waals surface area (Å²) < 4.78 is 5.55. The van der Waals surface area contributed by atoms with Crippen LogP contribution in [0.3, 0.4) is 0 Å². The normalized spacial score (nSPS) is 12.6. The zero-order valence-electron chi connectivity index (χ0n) is 11.2. The van der Waals surface area contributed by atoms with E-state index in [2.05, 4.69) is 29.4 Å². The Morgan fingerprint density at radius 2 is 2.17 bits per heavy atom. The van der Waals surface area contributed by atoms with E-state index in [4.69, 9.17) is 4.42 Å². The topological polar surface area (TPSA) is 38.1 Å². The fourth-order valence-corrected chi connectivity index (χ4v) is 2.15. The average molecular weight is 244 g/mol. The van der Waals surface area contributed by atoms with Crippen molar-refractivity contribution in [1.82, 2.24) is 10.3 Å². The minimum Gasteiger partial charge on any atom is -0.466 e. The van der Waals surface area contributed by atoms with Crippen LogP contribution in [0.4, 0.5) is 0 Å². The molecule has 1 N–H and O–H groups in total. The van der Waals surface area contributed by atoms with Gasteiger partial charge in [0.05, 0.1) is 0 Å². The summed E-state index contributed by atoms with van der Waals surface area (Å²) in [5.41, 5.74) is 2.37. The molecule has 2 aromatic heterocycles. The molecule has 0 amide bonds. The smallest absolute Gasteiger partial charge is 0.105 e. The van der Waals surface area contributed by atoms with E-state index in [1.54, 1.807) is 0 Å². The van der Waals surface area contributed by atoms with Gasteiger partial charge in [-0.05, 0) is 39.0 Å². The van der Waals surface area contributed by atoms with Crippen molar-refractivity contribution in [2.75, 3.05) is 6.54 Å². The van der Waals surface area contributed by atoms with Crippen molar-refractivity contribution in [3.8, 4) is 0 Å². The molecule has 0 spiro atoms. The number of rotatable bonds is 5. The Labute approximate surface area is 108 Å². The van der Waals surface area contributed by atoms with Gasteiger partial charge in [0.25, 0.3) is 0 Å². The lowest BCUT2D eigenvalue weighted by Gasteiger charge is -2.12. The Morgan fingerprint density at radius 3 is 2.78 bits per heavy atom. The largest absolute Gasteiger partial charge is 0.466 e. The first-order valence-electron chi connectivity index (χ1n) is 6.37. The number of nitrogens with one attached hydrogen (secondary N) is 1. The number of hydrogen-bond donors (Lipinski definition) is 1. The number of aryl methyl sites for hydroxylation is 2. The second-order valence-electron chi connectivity index (χ2n) is 4.62. The zero-order chi connectivity index (χ0) is 13.0. The first-order chi connectivity index (χ1) is 8.66. The monoisotopic (exact) mass is 244 g/mol. The van der Waals surface area contributed by atoms with Crippen LogP contribution in [0.25, 0.3) is 0 Å². The molecular formula is C15H20N2O. The van der Waals surface area contributed by atoms with Crippen LogP contribution in [0.5, 0.6) is 0 Å². The molecule has 0 saturated carbocycles. The van der Waals surface area contributed by atoms with Crippen molar-refractivity contribution < 1.29 is 4.42 Å². The Hall–Kier alpha value is -1.61. The Morgan fingerprint density at radius 1 is 1.33 bits per heavy atom. The molecule has 1 unspecified atom stereocenters. The van der Waals surface area contributed by atoms with Gasteiger partial charge in [0.2, 0.25) is 0 Å². The van der Waals surface area contributed by atoms with Gasteiger partial charge < -0.3 is 9.73 Å². The number of pyridine rings is 1. The predicted octanol–water partition coefficient (Wildman–Crippen LogP) is 3.18. The zero-order valence-corrected chi connectivity index (χ0v) is 11.2. The molecule has 96 valence electrons. The van der Waals surface area contributed by atoms with E-state index >= 15 is 0 Å². The first kappa shape index (κ1) is 12.8. The highest BCUT2D eigenvalue weighted by molar-refractivity contribution is 5.23. The molecule has 2 rings (SSSR count). The number of aromatic nitrogens is 1. The maximum atomic E-state index is 5.55. The van der Waals surface area contributed by atoms with Crippen LogP contribution in [0, 0.1) is 13.8 Å². The van der Waals surface area contributed by atoms with Gasteiger partial charge in [-0.25, -0.2) is 0 Å². The van der Waals surface area contributed by atoms with Crippen LogP contribution in [-0.4, -0.2) is 11.5 Å². The fraction of sp³-hybridized carbons (Fsp3) is 0.400. The summed E-state index contributed by atoms with van der Waals surface area (Å²) in [7, 11) is 0. The van der Waals surface area contributed by atoms with Gasteiger partial charge in [0.1, 0.15) is 11.5 Å². The second kappa shape index (κ2) is 5.83. The Balaban J connectivity index is 1.85. The van der Waals surface area contributed by atoms with E-state index in [1.807, 2.05) is 32.2 Å². The summed E-state index contributed by atoms with van der Waals surface area (Å²) in [5.74, 6) is 1.98. The Bertz CT molecular complexity index is 490. The lowest BCUT2D eigenvalue weighted by molar-refractivity contribution is 0.490. The molecule has 3 heteroatoms. The van der Waals surface area contributed by atoms with Gasteiger partial charge in [-0.1, -0.05) is 6.07 Å². The van der Waals surface area contributed by atoms with E-state index in [1.165, 1.54) is 5.56 Å². The molecule has 0 aliphatic heterocycles. The van der Waals surface area contributed by atoms with Crippen LogP contribution in [0.1, 0.15) is 35.7 Å². The molecule has 0 aliphatic rings. The minimum atomic E-state index is 0.311. The second-order valence-corrected chi connectivity index (χ2v) is 4.62. The third-order valence-electron chi connectivity index (χ3n) is 3.10. The Kier molecular flexibility index (Phi) is 4.15. The summed E-state index contributed by atoms with van der Waals surface area (Å²) in [5, 5.41) is 3.50. The molecule has 18 heavy (non-hydrogen) atoms. The molecule has 2 heterocycles. The van der Waals surface area contributed by atoms with Crippen molar-refractivity contribution in [3.63, 3.8) is 0 Å². The summed E-state index contributed by atoms with van der Waals surface area (Å²) >= 11 is 0. The van der Waals surface area contributed by atoms with Crippen LogP contribution in [0.2, 0.25) is 0 Å². The van der Waals surface area contributed by atoms with Crippen molar-refractivity contribution in [2.24, 2.45) is 0 Å². The third kappa shape index (κ3) is 3.20. The van der Waals surface area contributed by atoms with Crippen LogP contribution >= 0.6 is 0 Å². The molecule has 3 nitrogen and oxygen atoms in total. The first-order valence-corrected chi connectivity index (χ1v) is 6.37. The van der Waals surface area contributed by atoms with Gasteiger partial charge in [-0.15, -0.1) is 0 Å². The van der Waals surface area contributed by atoms with Crippen LogP contribution < -0.4 is 5.32 Å². The molecule has 0 fully saturated rings. The highest BCUT2D eigenvalue weighted by atomic mass is 16.3. The molecule has 0 aliphatic carbocycles. The van der Waals surface area contributed by atoms with E-state index < -0.39 is 0 Å². The molecular weight excluding hydrogens is 224 g/mol. The molecule has 0 saturated heterocycles. The minimum absolute atomic E-state index is 0.311.